The van der Waals surface area contributed by atoms with E-state index < -0.39 is 0 Å². The Bertz CT molecular complexity index is 1110. The van der Waals surface area contributed by atoms with Gasteiger partial charge in [-0.3, -0.25) is 9.69 Å². The number of piperazine rings is 1. The van der Waals surface area contributed by atoms with Gasteiger partial charge in [0.05, 0.1) is 36.6 Å². The Kier molecular flexibility index (Phi) is 5.88. The molecule has 196 valence electrons. The third kappa shape index (κ3) is 4.20. The average molecular weight is 505 g/mol. The van der Waals surface area contributed by atoms with Crippen LogP contribution in [0.25, 0.3) is 0 Å². The fourth-order valence-electron chi connectivity index (χ4n) is 7.09. The number of pyridine rings is 1. The minimum absolute atomic E-state index is 0.0104. The molecular formula is C27H36N8O2. The largest absolute Gasteiger partial charge is 0.379 e. The highest BCUT2D eigenvalue weighted by atomic mass is 16.5. The zero-order chi connectivity index (χ0) is 24.8. The van der Waals surface area contributed by atoms with E-state index in [4.69, 9.17) is 9.73 Å². The highest BCUT2D eigenvalue weighted by molar-refractivity contribution is 6.01. The molecule has 2 atom stereocenters. The Morgan fingerprint density at radius 3 is 2.65 bits per heavy atom. The molecule has 2 unspecified atom stereocenters. The summed E-state index contributed by atoms with van der Waals surface area (Å²) in [4.78, 5) is 34.2. The first kappa shape index (κ1) is 23.2. The molecular weight excluding hydrogens is 468 g/mol. The summed E-state index contributed by atoms with van der Waals surface area (Å²) in [7, 11) is 0. The van der Waals surface area contributed by atoms with E-state index in [1.807, 2.05) is 24.6 Å². The van der Waals surface area contributed by atoms with Crippen LogP contribution >= 0.6 is 0 Å². The normalized spacial score (nSPS) is 29.6. The van der Waals surface area contributed by atoms with Gasteiger partial charge >= 0.3 is 0 Å². The Morgan fingerprint density at radius 1 is 1.08 bits per heavy atom. The molecule has 1 aromatic heterocycles. The molecule has 10 nitrogen and oxygen atoms in total. The van der Waals surface area contributed by atoms with Gasteiger partial charge in [0.1, 0.15) is 17.7 Å². The van der Waals surface area contributed by atoms with E-state index >= 15 is 0 Å². The number of guanidine groups is 1. The van der Waals surface area contributed by atoms with Crippen molar-refractivity contribution in [2.24, 2.45) is 15.9 Å². The van der Waals surface area contributed by atoms with Gasteiger partial charge in [0.2, 0.25) is 5.96 Å². The van der Waals surface area contributed by atoms with Crippen LogP contribution in [-0.4, -0.2) is 96.5 Å². The number of hydrogen-bond acceptors (Lipinski definition) is 9. The van der Waals surface area contributed by atoms with Gasteiger partial charge in [0.15, 0.2) is 0 Å². The van der Waals surface area contributed by atoms with Crippen LogP contribution in [0.15, 0.2) is 40.1 Å². The van der Waals surface area contributed by atoms with E-state index in [2.05, 4.69) is 41.4 Å². The van der Waals surface area contributed by atoms with E-state index in [1.54, 1.807) is 0 Å². The molecule has 1 aliphatic carbocycles. The standard InChI is InChI=1S/C27H36N8O2/c36-25-22-15-19-16-29-26(32-24(19)35(22)27(18-30-25)7-1-2-8-27)31-23-4-3-21(17-28-23)33-9-5-20(6-10-33)34-11-13-37-14-12-34/h3-4,15-17,19-20,24H,1-2,5-14,18H2,(H,30,36)(H,28,31,32). The first-order chi connectivity index (χ1) is 18.2. The van der Waals surface area contributed by atoms with Crippen molar-refractivity contribution in [1.29, 1.82) is 0 Å². The lowest BCUT2D eigenvalue weighted by Gasteiger charge is -2.48. The number of carbonyl (C=O) groups is 1. The molecule has 1 saturated carbocycles. The van der Waals surface area contributed by atoms with Crippen LogP contribution in [0.2, 0.25) is 0 Å². The molecule has 4 fully saturated rings. The molecule has 1 aromatic rings. The van der Waals surface area contributed by atoms with Crippen molar-refractivity contribution < 1.29 is 9.53 Å². The van der Waals surface area contributed by atoms with Crippen molar-refractivity contribution >= 4 is 29.6 Å². The van der Waals surface area contributed by atoms with E-state index in [0.29, 0.717) is 18.5 Å². The van der Waals surface area contributed by atoms with Gasteiger partial charge in [-0.2, -0.15) is 0 Å². The molecule has 10 heteroatoms. The summed E-state index contributed by atoms with van der Waals surface area (Å²) in [6.45, 7) is 6.65. The molecule has 6 heterocycles. The molecule has 2 N–H and O–H groups in total. The highest BCUT2D eigenvalue weighted by Gasteiger charge is 2.53. The summed E-state index contributed by atoms with van der Waals surface area (Å²) in [6.07, 6.45) is 12.7. The summed E-state index contributed by atoms with van der Waals surface area (Å²) in [6, 6.07) is 4.82. The van der Waals surface area contributed by atoms with Crippen molar-refractivity contribution in [1.82, 2.24) is 20.1 Å². The van der Waals surface area contributed by atoms with Crippen LogP contribution in [0.5, 0.6) is 0 Å². The number of aliphatic imine (C=N–C) groups is 2. The topological polar surface area (TPSA) is 97.7 Å². The second kappa shape index (κ2) is 9.40. The summed E-state index contributed by atoms with van der Waals surface area (Å²) in [5.41, 5.74) is 1.90. The number of fused-ring (bicyclic) bond motifs is 4. The number of nitrogens with zero attached hydrogens (tertiary/aromatic N) is 6. The Hall–Kier alpha value is -2.98. The van der Waals surface area contributed by atoms with E-state index in [1.165, 1.54) is 25.7 Å². The maximum Gasteiger partial charge on any atom is 0.267 e. The Morgan fingerprint density at radius 2 is 1.89 bits per heavy atom. The molecule has 1 spiro atoms. The Balaban J connectivity index is 1.01. The van der Waals surface area contributed by atoms with E-state index in [9.17, 15) is 4.79 Å². The smallest absolute Gasteiger partial charge is 0.267 e. The number of piperidine rings is 1. The molecule has 0 radical (unpaired) electrons. The quantitative estimate of drug-likeness (QED) is 0.648. The summed E-state index contributed by atoms with van der Waals surface area (Å²) in [5.74, 6) is 1.33. The van der Waals surface area contributed by atoms with Gasteiger partial charge in [-0.15, -0.1) is 0 Å². The maximum absolute atomic E-state index is 12.6. The van der Waals surface area contributed by atoms with E-state index in [-0.39, 0.29) is 23.5 Å². The summed E-state index contributed by atoms with van der Waals surface area (Å²) < 4.78 is 5.51. The zero-order valence-corrected chi connectivity index (χ0v) is 21.3. The first-order valence-corrected chi connectivity index (χ1v) is 13.9. The number of amides is 1. The first-order valence-electron chi connectivity index (χ1n) is 13.9. The third-order valence-electron chi connectivity index (χ3n) is 9.08. The lowest BCUT2D eigenvalue weighted by molar-refractivity contribution is -0.123. The van der Waals surface area contributed by atoms with Crippen molar-refractivity contribution in [3.8, 4) is 0 Å². The van der Waals surface area contributed by atoms with Crippen LogP contribution in [-0.2, 0) is 9.53 Å². The van der Waals surface area contributed by atoms with Gasteiger partial charge in [-0.1, -0.05) is 12.8 Å². The number of hydrogen-bond donors (Lipinski definition) is 2. The number of carbonyl (C=O) groups excluding carboxylic acids is 1. The molecule has 6 aliphatic rings. The predicted molar refractivity (Wildman–Crippen MR) is 143 cm³/mol. The molecule has 5 aliphatic heterocycles. The number of anilines is 2. The highest BCUT2D eigenvalue weighted by Crippen LogP contribution is 2.45. The van der Waals surface area contributed by atoms with Crippen LogP contribution in [0.4, 0.5) is 11.5 Å². The van der Waals surface area contributed by atoms with Crippen molar-refractivity contribution in [2.45, 2.75) is 56.3 Å². The number of rotatable bonds is 3. The zero-order valence-electron chi connectivity index (χ0n) is 21.3. The average Bonchev–Trinajstić information content (AvgIpc) is 3.58. The van der Waals surface area contributed by atoms with Crippen molar-refractivity contribution in [2.75, 3.05) is 56.2 Å². The molecule has 0 bridgehead atoms. The number of ether oxygens (including phenoxy) is 1. The summed E-state index contributed by atoms with van der Waals surface area (Å²) in [5, 5.41) is 6.43. The molecule has 3 saturated heterocycles. The van der Waals surface area contributed by atoms with Crippen molar-refractivity contribution in [3.63, 3.8) is 0 Å². The van der Waals surface area contributed by atoms with Gasteiger partial charge < -0.3 is 25.2 Å². The second-order valence-electron chi connectivity index (χ2n) is 11.2. The third-order valence-corrected chi connectivity index (χ3v) is 9.08. The van der Waals surface area contributed by atoms with Crippen LogP contribution in [0.3, 0.4) is 0 Å². The molecule has 0 aromatic carbocycles. The van der Waals surface area contributed by atoms with Gasteiger partial charge in [-0.05, 0) is 43.9 Å². The van der Waals surface area contributed by atoms with E-state index in [0.717, 1.165) is 69.4 Å². The molecule has 7 rings (SSSR count). The van der Waals surface area contributed by atoms with Gasteiger partial charge in [0, 0.05) is 45.0 Å². The predicted octanol–water partition coefficient (Wildman–Crippen LogP) is 1.82. The minimum atomic E-state index is -0.119. The molecule has 37 heavy (non-hydrogen) atoms. The summed E-state index contributed by atoms with van der Waals surface area (Å²) >= 11 is 0. The number of aromatic nitrogens is 1. The lowest BCUT2D eigenvalue weighted by atomic mass is 9.91. The minimum Gasteiger partial charge on any atom is -0.379 e. The number of morpholine rings is 1. The van der Waals surface area contributed by atoms with Gasteiger partial charge in [0.25, 0.3) is 5.91 Å². The molecule has 1 amide bonds. The van der Waals surface area contributed by atoms with Gasteiger partial charge in [-0.25, -0.2) is 15.0 Å². The van der Waals surface area contributed by atoms with Crippen molar-refractivity contribution in [3.05, 3.63) is 30.1 Å². The number of nitrogens with one attached hydrogen (secondary N) is 2. The maximum atomic E-state index is 12.6. The second-order valence-corrected chi connectivity index (χ2v) is 11.2. The Labute approximate surface area is 217 Å². The van der Waals surface area contributed by atoms with Crippen LogP contribution < -0.4 is 15.5 Å². The van der Waals surface area contributed by atoms with Crippen LogP contribution in [0, 0.1) is 5.92 Å². The monoisotopic (exact) mass is 504 g/mol. The van der Waals surface area contributed by atoms with Crippen LogP contribution in [0.1, 0.15) is 38.5 Å². The lowest BCUT2D eigenvalue weighted by Crippen LogP contribution is -2.62. The fraction of sp³-hybridized carbons (Fsp3) is 0.630. The fourth-order valence-corrected chi connectivity index (χ4v) is 7.09. The SMILES string of the molecule is O=C1NCC2(CCCC2)N2C1=CC1C=NC(Nc3ccc(N4CCC(N5CCOCC5)CC4)cn3)=NC12.